The Morgan fingerprint density at radius 1 is 1.15 bits per heavy atom. The van der Waals surface area contributed by atoms with Crippen molar-refractivity contribution in [1.29, 1.82) is 0 Å². The minimum Gasteiger partial charge on any atom is -0.351 e. The van der Waals surface area contributed by atoms with Crippen molar-refractivity contribution in [3.63, 3.8) is 0 Å². The molecule has 0 aromatic carbocycles. The summed E-state index contributed by atoms with van der Waals surface area (Å²) in [5, 5.41) is 0. The summed E-state index contributed by atoms with van der Waals surface area (Å²) in [5.74, 6) is 5.81. The highest BCUT2D eigenvalue weighted by atomic mass is 16.7. The second-order valence-electron chi connectivity index (χ2n) is 3.22. The number of ether oxygens (including phenoxy) is 2. The average molecular weight is 190 g/mol. The average Bonchev–Trinajstić information content (AvgIpc) is 2.05. The molecule has 0 bridgehead atoms. The van der Waals surface area contributed by atoms with Gasteiger partial charge in [-0.05, 0) is 19.8 Å². The second-order valence-corrected chi connectivity index (χ2v) is 3.22. The van der Waals surface area contributed by atoms with Gasteiger partial charge in [-0.2, -0.15) is 0 Å². The van der Waals surface area contributed by atoms with Crippen molar-refractivity contribution in [2.24, 2.45) is 11.8 Å². The van der Waals surface area contributed by atoms with Crippen molar-refractivity contribution >= 4 is 0 Å². The van der Waals surface area contributed by atoms with Crippen LogP contribution in [-0.2, 0) is 9.47 Å². The van der Waals surface area contributed by atoms with E-state index in [2.05, 4.69) is 19.3 Å². The third-order valence-corrected chi connectivity index (χ3v) is 1.87. The lowest BCUT2D eigenvalue weighted by Gasteiger charge is -2.28. The smallest absolute Gasteiger partial charge is 0.174 e. The lowest BCUT2D eigenvalue weighted by molar-refractivity contribution is -0.160. The molecule has 3 N–H and O–H groups in total. The Hall–Kier alpha value is -0.160. The molecular formula is C9H22N2O2. The van der Waals surface area contributed by atoms with Crippen LogP contribution in [0.3, 0.4) is 0 Å². The van der Waals surface area contributed by atoms with Gasteiger partial charge in [0.15, 0.2) is 6.29 Å². The van der Waals surface area contributed by atoms with Gasteiger partial charge in [-0.1, -0.05) is 13.8 Å². The number of nitrogens with two attached hydrogens (primary N) is 1. The molecule has 0 aliphatic heterocycles. The van der Waals surface area contributed by atoms with Crippen LogP contribution in [0.1, 0.15) is 27.7 Å². The second kappa shape index (κ2) is 7.26. The summed E-state index contributed by atoms with van der Waals surface area (Å²) in [5.41, 5.74) is 2.72. The lowest BCUT2D eigenvalue weighted by atomic mass is 10.0. The van der Waals surface area contributed by atoms with E-state index in [1.165, 1.54) is 0 Å². The largest absolute Gasteiger partial charge is 0.351 e. The number of nitrogens with one attached hydrogen (secondary N) is 1. The zero-order valence-corrected chi connectivity index (χ0v) is 9.04. The molecule has 0 amide bonds. The molecule has 0 aliphatic rings. The maximum Gasteiger partial charge on any atom is 0.174 e. The van der Waals surface area contributed by atoms with E-state index < -0.39 is 0 Å². The summed E-state index contributed by atoms with van der Waals surface area (Å²) in [6.07, 6.45) is -0.250. The van der Waals surface area contributed by atoms with Gasteiger partial charge in [0.25, 0.3) is 0 Å². The minimum atomic E-state index is -0.250. The molecule has 0 aliphatic carbocycles. The monoisotopic (exact) mass is 190 g/mol. The van der Waals surface area contributed by atoms with Crippen LogP contribution in [0, 0.1) is 5.92 Å². The topological polar surface area (TPSA) is 56.5 Å². The fourth-order valence-corrected chi connectivity index (χ4v) is 1.17. The summed E-state index contributed by atoms with van der Waals surface area (Å²) >= 11 is 0. The van der Waals surface area contributed by atoms with Crippen molar-refractivity contribution in [3.05, 3.63) is 0 Å². The van der Waals surface area contributed by atoms with Crippen LogP contribution >= 0.6 is 0 Å². The van der Waals surface area contributed by atoms with Crippen LogP contribution in [0.2, 0.25) is 0 Å². The SMILES string of the molecule is CCOC(OCC)C(NN)C(C)C. The first-order valence-corrected chi connectivity index (χ1v) is 4.86. The van der Waals surface area contributed by atoms with E-state index in [1.54, 1.807) is 0 Å². The van der Waals surface area contributed by atoms with E-state index in [9.17, 15) is 0 Å². The minimum absolute atomic E-state index is 0.0416. The maximum atomic E-state index is 5.43. The normalized spacial score (nSPS) is 14.1. The molecule has 4 heteroatoms. The standard InChI is InChI=1S/C9H22N2O2/c1-5-12-9(13-6-2)8(11-10)7(3)4/h7-9,11H,5-6,10H2,1-4H3. The van der Waals surface area contributed by atoms with Crippen LogP contribution in [0.4, 0.5) is 0 Å². The van der Waals surface area contributed by atoms with Gasteiger partial charge in [0.1, 0.15) is 0 Å². The first-order chi connectivity index (χ1) is 6.17. The van der Waals surface area contributed by atoms with Gasteiger partial charge < -0.3 is 9.47 Å². The summed E-state index contributed by atoms with van der Waals surface area (Å²) in [7, 11) is 0. The Labute approximate surface area is 80.7 Å². The van der Waals surface area contributed by atoms with E-state index in [0.29, 0.717) is 19.1 Å². The number of hydrogen-bond acceptors (Lipinski definition) is 4. The fraction of sp³-hybridized carbons (Fsp3) is 1.00. The van der Waals surface area contributed by atoms with Crippen LogP contribution in [0.15, 0.2) is 0 Å². The lowest BCUT2D eigenvalue weighted by Crippen LogP contribution is -2.49. The van der Waals surface area contributed by atoms with E-state index >= 15 is 0 Å². The molecule has 0 fully saturated rings. The molecule has 0 aromatic rings. The van der Waals surface area contributed by atoms with E-state index in [-0.39, 0.29) is 12.3 Å². The Morgan fingerprint density at radius 2 is 1.62 bits per heavy atom. The third-order valence-electron chi connectivity index (χ3n) is 1.87. The van der Waals surface area contributed by atoms with E-state index in [4.69, 9.17) is 15.3 Å². The zero-order chi connectivity index (χ0) is 10.3. The van der Waals surface area contributed by atoms with Crippen molar-refractivity contribution in [2.45, 2.75) is 40.0 Å². The quantitative estimate of drug-likeness (QED) is 0.355. The van der Waals surface area contributed by atoms with Gasteiger partial charge >= 0.3 is 0 Å². The molecule has 13 heavy (non-hydrogen) atoms. The molecule has 0 saturated carbocycles. The van der Waals surface area contributed by atoms with E-state index in [1.807, 2.05) is 13.8 Å². The van der Waals surface area contributed by atoms with Crippen molar-refractivity contribution in [1.82, 2.24) is 5.43 Å². The van der Waals surface area contributed by atoms with Gasteiger partial charge in [0, 0.05) is 13.2 Å². The first kappa shape index (κ1) is 12.8. The van der Waals surface area contributed by atoms with E-state index in [0.717, 1.165) is 0 Å². The molecule has 1 atom stereocenters. The number of hydrazine groups is 1. The summed E-state index contributed by atoms with van der Waals surface area (Å²) in [6.45, 7) is 9.32. The predicted octanol–water partition coefficient (Wildman–Crippen LogP) is 0.873. The molecule has 0 saturated heterocycles. The Kier molecular flexibility index (Phi) is 7.17. The van der Waals surface area contributed by atoms with Gasteiger partial charge in [0.05, 0.1) is 6.04 Å². The number of rotatable bonds is 7. The summed E-state index contributed by atoms with van der Waals surface area (Å²) in [4.78, 5) is 0. The van der Waals surface area contributed by atoms with Crippen molar-refractivity contribution in [2.75, 3.05) is 13.2 Å². The first-order valence-electron chi connectivity index (χ1n) is 4.86. The molecule has 4 nitrogen and oxygen atoms in total. The third kappa shape index (κ3) is 4.57. The van der Waals surface area contributed by atoms with Crippen LogP contribution in [-0.4, -0.2) is 25.5 Å². The fourth-order valence-electron chi connectivity index (χ4n) is 1.17. The molecule has 80 valence electrons. The Morgan fingerprint density at radius 3 is 1.85 bits per heavy atom. The summed E-state index contributed by atoms with van der Waals surface area (Å²) < 4.78 is 10.9. The van der Waals surface area contributed by atoms with Crippen LogP contribution in [0.5, 0.6) is 0 Å². The highest BCUT2D eigenvalue weighted by molar-refractivity contribution is 4.71. The van der Waals surface area contributed by atoms with Gasteiger partial charge in [-0.3, -0.25) is 11.3 Å². The highest BCUT2D eigenvalue weighted by Crippen LogP contribution is 2.10. The van der Waals surface area contributed by atoms with Crippen molar-refractivity contribution < 1.29 is 9.47 Å². The molecule has 1 unspecified atom stereocenters. The predicted molar refractivity (Wildman–Crippen MR) is 53.0 cm³/mol. The molecule has 0 radical (unpaired) electrons. The van der Waals surface area contributed by atoms with Gasteiger partial charge in [-0.15, -0.1) is 0 Å². The molecule has 0 rings (SSSR count). The Bertz CT molecular complexity index is 114. The molecule has 0 aromatic heterocycles. The summed E-state index contributed by atoms with van der Waals surface area (Å²) in [6, 6.07) is 0.0416. The highest BCUT2D eigenvalue weighted by Gasteiger charge is 2.23. The van der Waals surface area contributed by atoms with Crippen LogP contribution in [0.25, 0.3) is 0 Å². The molecule has 0 heterocycles. The Balaban J connectivity index is 4.11. The zero-order valence-electron chi connectivity index (χ0n) is 9.04. The molecular weight excluding hydrogens is 168 g/mol. The molecule has 0 spiro atoms. The van der Waals surface area contributed by atoms with Gasteiger partial charge in [0.2, 0.25) is 0 Å². The van der Waals surface area contributed by atoms with Gasteiger partial charge in [-0.25, -0.2) is 0 Å². The van der Waals surface area contributed by atoms with Crippen molar-refractivity contribution in [3.8, 4) is 0 Å². The number of hydrogen-bond donors (Lipinski definition) is 2. The van der Waals surface area contributed by atoms with Crippen LogP contribution < -0.4 is 11.3 Å². The maximum absolute atomic E-state index is 5.43.